The van der Waals surface area contributed by atoms with Gasteiger partial charge in [0.15, 0.2) is 17.0 Å². The van der Waals surface area contributed by atoms with Gasteiger partial charge in [0.05, 0.1) is 19.3 Å². The Labute approximate surface area is 261 Å². The lowest BCUT2D eigenvalue weighted by Gasteiger charge is -2.61. The molecule has 1 heterocycles. The molecular formula is C36H42O9. The SMILES string of the molecule is C=C1[C@@H](O)C[C@H]2C(C)(C)C[C@H](O)C[C@]2(C)[C@H]1C[C@@H]1C(C)=CC[C@H]2C(=O)C(OC)=CC(=O)[C@@]12c1cc(=O)c2c(O)cc(O)cc2o1. The summed E-state index contributed by atoms with van der Waals surface area (Å²) in [6.45, 7) is 12.6. The van der Waals surface area contributed by atoms with Crippen LogP contribution in [0.25, 0.3) is 11.0 Å². The number of benzene rings is 1. The second-order valence-corrected chi connectivity index (χ2v) is 14.6. The molecule has 0 saturated heterocycles. The summed E-state index contributed by atoms with van der Waals surface area (Å²) in [7, 11) is 1.33. The van der Waals surface area contributed by atoms with E-state index in [1.165, 1.54) is 25.3 Å². The maximum Gasteiger partial charge on any atom is 0.202 e. The van der Waals surface area contributed by atoms with Gasteiger partial charge in [0.2, 0.25) is 5.78 Å². The van der Waals surface area contributed by atoms with E-state index in [4.69, 9.17) is 9.15 Å². The summed E-state index contributed by atoms with van der Waals surface area (Å²) < 4.78 is 11.6. The van der Waals surface area contributed by atoms with Crippen molar-refractivity contribution in [3.63, 3.8) is 0 Å². The van der Waals surface area contributed by atoms with E-state index in [9.17, 15) is 34.8 Å². The van der Waals surface area contributed by atoms with E-state index in [0.29, 0.717) is 31.3 Å². The number of ether oxygens (including phenoxy) is 1. The molecule has 240 valence electrons. The molecule has 4 aliphatic rings. The van der Waals surface area contributed by atoms with Gasteiger partial charge in [-0.05, 0) is 67.3 Å². The fraction of sp³-hybridized carbons (Fsp3) is 0.528. The fourth-order valence-electron chi connectivity index (χ4n) is 9.85. The van der Waals surface area contributed by atoms with Crippen molar-refractivity contribution in [3.8, 4) is 11.5 Å². The van der Waals surface area contributed by atoms with Crippen molar-refractivity contribution in [1.29, 1.82) is 0 Å². The Morgan fingerprint density at radius 1 is 1.04 bits per heavy atom. The standard InChI is InChI=1S/C36H42O9/c1-17-7-8-21-33(43)28(44-6)14-30(42)36(21,31-13-26(41)32-25(40)9-19(37)10-27(32)45-31)22(17)11-23-18(2)24(39)12-29-34(3,4)15-20(38)16-35(23,29)5/h7,9-10,13-14,20-24,29,37-40H,2,8,11-12,15-16H2,1,3-6H3/t20-,21-,22+,23-,24-,29-,35+,36-/m0/s1. The number of hydrogen-bond acceptors (Lipinski definition) is 9. The third kappa shape index (κ3) is 4.45. The van der Waals surface area contributed by atoms with Crippen molar-refractivity contribution in [1.82, 2.24) is 0 Å². The van der Waals surface area contributed by atoms with Crippen LogP contribution in [0.15, 0.2) is 63.0 Å². The van der Waals surface area contributed by atoms with Gasteiger partial charge in [0, 0.05) is 36.1 Å². The Balaban J connectivity index is 1.60. The van der Waals surface area contributed by atoms with Crippen LogP contribution in [0.3, 0.4) is 0 Å². The Hall–Kier alpha value is -3.69. The number of rotatable bonds is 4. The number of phenolic OH excluding ortho intramolecular Hbond substituents is 2. The first-order valence-corrected chi connectivity index (χ1v) is 15.6. The van der Waals surface area contributed by atoms with E-state index in [0.717, 1.165) is 11.6 Å². The molecule has 1 aromatic heterocycles. The summed E-state index contributed by atoms with van der Waals surface area (Å²) in [6, 6.07) is 3.42. The number of Topliss-reactive ketones (excluding diaryl/α,β-unsaturated/α-hetero) is 1. The molecule has 9 nitrogen and oxygen atoms in total. The summed E-state index contributed by atoms with van der Waals surface area (Å²) in [5.41, 5.74) is -1.70. The molecular weight excluding hydrogens is 576 g/mol. The Kier molecular flexibility index (Phi) is 7.25. The number of methoxy groups -OCH3 is 1. The lowest BCUT2D eigenvalue weighted by atomic mass is 9.44. The number of carbonyl (C=O) groups excluding carboxylic acids is 2. The Morgan fingerprint density at radius 2 is 1.76 bits per heavy atom. The topological polar surface area (TPSA) is 154 Å². The molecule has 4 aliphatic carbocycles. The van der Waals surface area contributed by atoms with E-state index in [1.807, 2.05) is 13.0 Å². The zero-order chi connectivity index (χ0) is 32.8. The molecule has 0 aliphatic heterocycles. The van der Waals surface area contributed by atoms with Crippen LogP contribution in [0.5, 0.6) is 11.5 Å². The zero-order valence-corrected chi connectivity index (χ0v) is 26.4. The summed E-state index contributed by atoms with van der Waals surface area (Å²) in [4.78, 5) is 42.1. The van der Waals surface area contributed by atoms with Gasteiger partial charge in [-0.25, -0.2) is 0 Å². The minimum absolute atomic E-state index is 0.0371. The Bertz CT molecular complexity index is 1740. The first-order valence-electron chi connectivity index (χ1n) is 15.6. The molecule has 8 atom stereocenters. The third-order valence-corrected chi connectivity index (χ3v) is 11.8. The highest BCUT2D eigenvalue weighted by molar-refractivity contribution is 6.14. The van der Waals surface area contributed by atoms with Gasteiger partial charge < -0.3 is 29.6 Å². The quantitative estimate of drug-likeness (QED) is 0.353. The molecule has 1 aromatic carbocycles. The predicted molar refractivity (Wildman–Crippen MR) is 166 cm³/mol. The number of aliphatic hydroxyl groups excluding tert-OH is 2. The average molecular weight is 619 g/mol. The van der Waals surface area contributed by atoms with Crippen LogP contribution in [0.2, 0.25) is 0 Å². The molecule has 0 radical (unpaired) electrons. The Morgan fingerprint density at radius 3 is 2.44 bits per heavy atom. The van der Waals surface area contributed by atoms with Crippen LogP contribution < -0.4 is 5.43 Å². The van der Waals surface area contributed by atoms with Crippen molar-refractivity contribution in [2.75, 3.05) is 7.11 Å². The van der Waals surface area contributed by atoms with Gasteiger partial charge in [0.25, 0.3) is 0 Å². The molecule has 0 unspecified atom stereocenters. The minimum Gasteiger partial charge on any atom is -0.508 e. The minimum atomic E-state index is -1.66. The molecule has 0 bridgehead atoms. The highest BCUT2D eigenvalue weighted by atomic mass is 16.5. The average Bonchev–Trinajstić information content (AvgIpc) is 2.93. The smallest absolute Gasteiger partial charge is 0.202 e. The van der Waals surface area contributed by atoms with Gasteiger partial charge in [-0.1, -0.05) is 39.0 Å². The van der Waals surface area contributed by atoms with Crippen molar-refractivity contribution >= 4 is 22.5 Å². The highest BCUT2D eigenvalue weighted by Crippen LogP contribution is 2.64. The fourth-order valence-corrected chi connectivity index (χ4v) is 9.85. The summed E-state index contributed by atoms with van der Waals surface area (Å²) in [6.07, 6.45) is 3.89. The molecule has 4 N–H and O–H groups in total. The first kappa shape index (κ1) is 31.3. The predicted octanol–water partition coefficient (Wildman–Crippen LogP) is 4.84. The van der Waals surface area contributed by atoms with E-state index in [-0.39, 0.29) is 51.9 Å². The maximum atomic E-state index is 14.6. The summed E-state index contributed by atoms with van der Waals surface area (Å²) >= 11 is 0. The molecule has 45 heavy (non-hydrogen) atoms. The zero-order valence-electron chi connectivity index (χ0n) is 26.4. The van der Waals surface area contributed by atoms with Gasteiger partial charge in [0.1, 0.15) is 33.6 Å². The van der Waals surface area contributed by atoms with E-state index in [1.54, 1.807) is 0 Å². The van der Waals surface area contributed by atoms with Crippen molar-refractivity contribution in [2.45, 2.75) is 77.4 Å². The van der Waals surface area contributed by atoms with E-state index in [2.05, 4.69) is 27.4 Å². The largest absolute Gasteiger partial charge is 0.508 e. The van der Waals surface area contributed by atoms with Crippen molar-refractivity contribution < 1.29 is 39.2 Å². The molecule has 9 heteroatoms. The van der Waals surface area contributed by atoms with Crippen LogP contribution in [-0.4, -0.2) is 51.3 Å². The van der Waals surface area contributed by atoms with Crippen LogP contribution >= 0.6 is 0 Å². The van der Waals surface area contributed by atoms with Crippen LogP contribution in [0, 0.1) is 34.5 Å². The van der Waals surface area contributed by atoms with Gasteiger partial charge in [-0.3, -0.25) is 14.4 Å². The van der Waals surface area contributed by atoms with Crippen LogP contribution in [0.1, 0.15) is 65.6 Å². The number of aromatic hydroxyl groups is 2. The third-order valence-electron chi connectivity index (χ3n) is 11.8. The van der Waals surface area contributed by atoms with Gasteiger partial charge >= 0.3 is 0 Å². The monoisotopic (exact) mass is 618 g/mol. The highest BCUT2D eigenvalue weighted by Gasteiger charge is 2.64. The lowest BCUT2D eigenvalue weighted by molar-refractivity contribution is -0.141. The second kappa shape index (κ2) is 10.4. The molecule has 2 aromatic rings. The molecule has 2 saturated carbocycles. The van der Waals surface area contributed by atoms with E-state index < -0.39 is 57.6 Å². The number of carbonyl (C=O) groups is 2. The molecule has 2 fully saturated rings. The second-order valence-electron chi connectivity index (χ2n) is 14.6. The first-order chi connectivity index (χ1) is 21.1. The molecule has 0 amide bonds. The van der Waals surface area contributed by atoms with Crippen LogP contribution in [-0.2, 0) is 19.7 Å². The normalized spacial score (nSPS) is 36.2. The van der Waals surface area contributed by atoms with Gasteiger partial charge in [-0.15, -0.1) is 0 Å². The number of ketones is 2. The van der Waals surface area contributed by atoms with Crippen LogP contribution in [0.4, 0.5) is 0 Å². The molecule has 6 rings (SSSR count). The van der Waals surface area contributed by atoms with Crippen molar-refractivity contribution in [2.24, 2.45) is 34.5 Å². The number of allylic oxidation sites excluding steroid dienone is 4. The number of hydrogen-bond donors (Lipinski definition) is 4. The lowest BCUT2D eigenvalue weighted by Crippen LogP contribution is -2.59. The molecule has 0 spiro atoms. The van der Waals surface area contributed by atoms with Gasteiger partial charge in [-0.2, -0.15) is 0 Å². The number of fused-ring (bicyclic) bond motifs is 3. The number of aliphatic hydroxyl groups is 2. The summed E-state index contributed by atoms with van der Waals surface area (Å²) in [5.74, 6) is -3.69. The summed E-state index contributed by atoms with van der Waals surface area (Å²) in [5, 5.41) is 43.0. The van der Waals surface area contributed by atoms with Crippen molar-refractivity contribution in [3.05, 3.63) is 69.8 Å². The maximum absolute atomic E-state index is 14.6. The van der Waals surface area contributed by atoms with E-state index >= 15 is 0 Å². The number of phenols is 2.